The Labute approximate surface area is 116 Å². The van der Waals surface area contributed by atoms with Gasteiger partial charge in [-0.25, -0.2) is 8.42 Å². The second-order valence-corrected chi connectivity index (χ2v) is 7.61. The van der Waals surface area contributed by atoms with E-state index in [1.54, 1.807) is 4.90 Å². The van der Waals surface area contributed by atoms with Gasteiger partial charge in [0, 0.05) is 23.3 Å². The summed E-state index contributed by atoms with van der Waals surface area (Å²) in [7, 11) is 1.37. The van der Waals surface area contributed by atoms with E-state index >= 15 is 0 Å². The van der Waals surface area contributed by atoms with Gasteiger partial charge in [0.25, 0.3) is 15.0 Å². The Morgan fingerprint density at radius 2 is 2.11 bits per heavy atom. The molecule has 2 rings (SSSR count). The second-order valence-electron chi connectivity index (χ2n) is 5.11. The molecule has 1 fully saturated rings. The van der Waals surface area contributed by atoms with Crippen molar-refractivity contribution in [1.82, 2.24) is 15.1 Å². The molecule has 0 radical (unpaired) electrons. The molecule has 1 saturated heterocycles. The molecular formula is C11H16ClN3O3S. The fraction of sp³-hybridized carbons (Fsp3) is 0.636. The molecule has 0 bridgehead atoms. The van der Waals surface area contributed by atoms with Gasteiger partial charge in [0.15, 0.2) is 5.69 Å². The summed E-state index contributed by atoms with van der Waals surface area (Å²) in [5.41, 5.74) is 0.159. The number of hydrogen-bond acceptors (Lipinski definition) is 4. The number of rotatable bonds is 2. The number of carbonyl (C=O) groups excluding carboxylic acids is 1. The molecule has 19 heavy (non-hydrogen) atoms. The van der Waals surface area contributed by atoms with Crippen LogP contribution in [0, 0.1) is 12.8 Å². The number of amides is 1. The maximum atomic E-state index is 12.4. The molecule has 0 aliphatic carbocycles. The highest BCUT2D eigenvalue weighted by molar-refractivity contribution is 8.13. The van der Waals surface area contributed by atoms with Crippen LogP contribution in [0.15, 0.2) is 4.90 Å². The number of aromatic nitrogens is 2. The summed E-state index contributed by atoms with van der Waals surface area (Å²) in [6.07, 6.45) is 0.901. The predicted molar refractivity (Wildman–Crippen MR) is 70.6 cm³/mol. The molecule has 1 aliphatic heterocycles. The fourth-order valence-electron chi connectivity index (χ4n) is 2.58. The maximum Gasteiger partial charge on any atom is 0.276 e. The van der Waals surface area contributed by atoms with Gasteiger partial charge in [-0.1, -0.05) is 6.92 Å². The first-order valence-corrected chi connectivity index (χ1v) is 8.33. The van der Waals surface area contributed by atoms with Gasteiger partial charge in [0.2, 0.25) is 0 Å². The zero-order chi connectivity index (χ0) is 14.4. The van der Waals surface area contributed by atoms with Crippen molar-refractivity contribution in [1.29, 1.82) is 0 Å². The van der Waals surface area contributed by atoms with Gasteiger partial charge in [-0.3, -0.25) is 9.89 Å². The lowest BCUT2D eigenvalue weighted by Crippen LogP contribution is -2.34. The van der Waals surface area contributed by atoms with Gasteiger partial charge in [-0.05, 0) is 26.2 Å². The zero-order valence-corrected chi connectivity index (χ0v) is 12.5. The van der Waals surface area contributed by atoms with Crippen LogP contribution in [0.2, 0.25) is 0 Å². The summed E-state index contributed by atoms with van der Waals surface area (Å²) in [4.78, 5) is 13.8. The fourth-order valence-corrected chi connectivity index (χ4v) is 3.92. The number of aromatic amines is 1. The van der Waals surface area contributed by atoms with Crippen molar-refractivity contribution in [2.75, 3.05) is 6.54 Å². The molecule has 106 valence electrons. The SMILES string of the molecule is Cc1[nH]nc(C(=O)N2CC(C)CC2C)c1S(=O)(=O)Cl. The van der Waals surface area contributed by atoms with Crippen molar-refractivity contribution in [2.24, 2.45) is 5.92 Å². The zero-order valence-electron chi connectivity index (χ0n) is 11.0. The quantitative estimate of drug-likeness (QED) is 0.840. The van der Waals surface area contributed by atoms with Crippen molar-refractivity contribution in [3.63, 3.8) is 0 Å². The van der Waals surface area contributed by atoms with Crippen LogP contribution < -0.4 is 0 Å². The Balaban J connectivity index is 2.41. The first-order chi connectivity index (χ1) is 8.71. The number of hydrogen-bond donors (Lipinski definition) is 1. The number of aryl methyl sites for hydroxylation is 1. The van der Waals surface area contributed by atoms with Crippen LogP contribution >= 0.6 is 10.7 Å². The number of likely N-dealkylation sites (tertiary alicyclic amines) is 1. The average molecular weight is 306 g/mol. The molecule has 6 nitrogen and oxygen atoms in total. The molecule has 8 heteroatoms. The Morgan fingerprint density at radius 3 is 2.58 bits per heavy atom. The monoisotopic (exact) mass is 305 g/mol. The topological polar surface area (TPSA) is 83.1 Å². The molecule has 2 atom stereocenters. The van der Waals surface area contributed by atoms with E-state index in [0.717, 1.165) is 6.42 Å². The molecule has 0 spiro atoms. The van der Waals surface area contributed by atoms with Crippen LogP contribution in [0.3, 0.4) is 0 Å². The van der Waals surface area contributed by atoms with E-state index in [1.165, 1.54) is 6.92 Å². The van der Waals surface area contributed by atoms with Crippen LogP contribution in [0.25, 0.3) is 0 Å². The lowest BCUT2D eigenvalue weighted by Gasteiger charge is -2.20. The second kappa shape index (κ2) is 4.79. The van der Waals surface area contributed by atoms with E-state index in [-0.39, 0.29) is 28.2 Å². The third-order valence-electron chi connectivity index (χ3n) is 3.38. The summed E-state index contributed by atoms with van der Waals surface area (Å²) >= 11 is 0. The van der Waals surface area contributed by atoms with E-state index in [2.05, 4.69) is 17.1 Å². The molecular weight excluding hydrogens is 290 g/mol. The summed E-state index contributed by atoms with van der Waals surface area (Å²) in [5.74, 6) is 0.00970. The van der Waals surface area contributed by atoms with E-state index in [0.29, 0.717) is 12.5 Å². The van der Waals surface area contributed by atoms with Crippen LogP contribution in [0.4, 0.5) is 0 Å². The third kappa shape index (κ3) is 2.62. The highest BCUT2D eigenvalue weighted by atomic mass is 35.7. The molecule has 1 aromatic heterocycles. The van der Waals surface area contributed by atoms with Gasteiger partial charge in [0.05, 0.1) is 5.69 Å². The molecule has 2 unspecified atom stereocenters. The van der Waals surface area contributed by atoms with Gasteiger partial charge in [-0.15, -0.1) is 0 Å². The first-order valence-electron chi connectivity index (χ1n) is 6.02. The number of nitrogens with zero attached hydrogens (tertiary/aromatic N) is 2. The normalized spacial score (nSPS) is 23.9. The van der Waals surface area contributed by atoms with Crippen LogP contribution in [0.5, 0.6) is 0 Å². The molecule has 1 aliphatic rings. The maximum absolute atomic E-state index is 12.4. The van der Waals surface area contributed by atoms with Gasteiger partial charge in [-0.2, -0.15) is 5.10 Å². The molecule has 0 saturated carbocycles. The Hall–Kier alpha value is -1.08. The van der Waals surface area contributed by atoms with Crippen molar-refractivity contribution < 1.29 is 13.2 Å². The van der Waals surface area contributed by atoms with Crippen LogP contribution in [-0.2, 0) is 9.05 Å². The van der Waals surface area contributed by atoms with Gasteiger partial charge >= 0.3 is 0 Å². The van der Waals surface area contributed by atoms with E-state index in [1.807, 2.05) is 6.92 Å². The Bertz CT molecular complexity index is 611. The van der Waals surface area contributed by atoms with E-state index in [4.69, 9.17) is 10.7 Å². The molecule has 2 heterocycles. The number of carbonyl (C=O) groups is 1. The highest BCUT2D eigenvalue weighted by Crippen LogP contribution is 2.28. The summed E-state index contributed by atoms with van der Waals surface area (Å²) in [6.45, 7) is 6.12. The van der Waals surface area contributed by atoms with Gasteiger partial charge in [0.1, 0.15) is 4.90 Å². The van der Waals surface area contributed by atoms with Gasteiger partial charge < -0.3 is 4.90 Å². The van der Waals surface area contributed by atoms with Crippen molar-refractivity contribution in [3.05, 3.63) is 11.4 Å². The lowest BCUT2D eigenvalue weighted by molar-refractivity contribution is 0.0734. The third-order valence-corrected chi connectivity index (χ3v) is 4.83. The number of halogens is 1. The summed E-state index contributed by atoms with van der Waals surface area (Å²) in [5, 5.41) is 6.32. The predicted octanol–water partition coefficient (Wildman–Crippen LogP) is 1.52. The molecule has 1 aromatic rings. The summed E-state index contributed by atoms with van der Waals surface area (Å²) < 4.78 is 23.1. The summed E-state index contributed by atoms with van der Waals surface area (Å²) in [6, 6.07) is 0.0744. The van der Waals surface area contributed by atoms with Crippen LogP contribution in [0.1, 0.15) is 36.5 Å². The smallest absolute Gasteiger partial charge is 0.276 e. The van der Waals surface area contributed by atoms with Crippen molar-refractivity contribution in [3.8, 4) is 0 Å². The minimum absolute atomic E-state index is 0.0744. The van der Waals surface area contributed by atoms with Crippen molar-refractivity contribution >= 4 is 25.6 Å². The first kappa shape index (κ1) is 14.3. The largest absolute Gasteiger partial charge is 0.334 e. The standard InChI is InChI=1S/C11H16ClN3O3S/c1-6-4-7(2)15(5-6)11(16)9-10(19(12,17)18)8(3)13-14-9/h6-7H,4-5H2,1-3H3,(H,13,14). The minimum Gasteiger partial charge on any atom is -0.334 e. The van der Waals surface area contributed by atoms with E-state index < -0.39 is 9.05 Å². The average Bonchev–Trinajstić information content (AvgIpc) is 2.80. The lowest BCUT2D eigenvalue weighted by atomic mass is 10.1. The highest BCUT2D eigenvalue weighted by Gasteiger charge is 2.35. The number of H-pyrrole nitrogens is 1. The van der Waals surface area contributed by atoms with Crippen LogP contribution in [-0.4, -0.2) is 42.0 Å². The van der Waals surface area contributed by atoms with Crippen molar-refractivity contribution in [2.45, 2.75) is 38.1 Å². The Morgan fingerprint density at radius 1 is 1.47 bits per heavy atom. The minimum atomic E-state index is -4.00. The molecule has 1 N–H and O–H groups in total. The van der Waals surface area contributed by atoms with E-state index in [9.17, 15) is 13.2 Å². The Kier molecular flexibility index (Phi) is 3.61. The number of nitrogens with one attached hydrogen (secondary N) is 1. The molecule has 0 aromatic carbocycles. The molecule has 1 amide bonds.